The summed E-state index contributed by atoms with van der Waals surface area (Å²) in [4.78, 5) is 23.0. The summed E-state index contributed by atoms with van der Waals surface area (Å²) in [5, 5.41) is 23.0. The number of aliphatic hydroxyl groups excluding tert-OH is 2. The molecule has 2 unspecified atom stereocenters. The molecule has 0 aliphatic heterocycles. The number of amides is 1. The van der Waals surface area contributed by atoms with Crippen molar-refractivity contribution in [3.63, 3.8) is 0 Å². The predicted octanol–water partition coefficient (Wildman–Crippen LogP) is 2.85. The summed E-state index contributed by atoms with van der Waals surface area (Å²) in [7, 11) is 0. The lowest BCUT2D eigenvalue weighted by Gasteiger charge is -2.21. The van der Waals surface area contributed by atoms with E-state index in [-0.39, 0.29) is 24.3 Å². The Labute approximate surface area is 146 Å². The van der Waals surface area contributed by atoms with E-state index in [9.17, 15) is 19.8 Å². The first-order chi connectivity index (χ1) is 11.0. The van der Waals surface area contributed by atoms with Gasteiger partial charge in [-0.15, -0.1) is 0 Å². The quantitative estimate of drug-likeness (QED) is 0.680. The van der Waals surface area contributed by atoms with Crippen molar-refractivity contribution in [2.45, 2.75) is 51.9 Å². The Bertz CT molecular complexity index is 597. The van der Waals surface area contributed by atoms with Crippen LogP contribution >= 0.6 is 11.6 Å². The lowest BCUT2D eigenvalue weighted by Crippen LogP contribution is -2.34. The zero-order chi connectivity index (χ0) is 18.5. The van der Waals surface area contributed by atoms with Gasteiger partial charge in [0.25, 0.3) is 0 Å². The van der Waals surface area contributed by atoms with Crippen molar-refractivity contribution in [3.8, 4) is 0 Å². The predicted molar refractivity (Wildman–Crippen MR) is 91.3 cm³/mol. The van der Waals surface area contributed by atoms with Gasteiger partial charge in [0.05, 0.1) is 11.1 Å². The highest BCUT2D eigenvalue weighted by Crippen LogP contribution is 2.24. The molecule has 0 bridgehead atoms. The fraction of sp³-hybridized carbons (Fsp3) is 0.529. The third-order valence-corrected chi connectivity index (χ3v) is 3.51. The lowest BCUT2D eigenvalue weighted by molar-refractivity contribution is 0.0122. The molecule has 0 aromatic heterocycles. The second-order valence-electron chi connectivity index (χ2n) is 6.52. The van der Waals surface area contributed by atoms with Gasteiger partial charge in [-0.1, -0.05) is 17.7 Å². The van der Waals surface area contributed by atoms with Crippen molar-refractivity contribution in [2.75, 3.05) is 6.54 Å². The molecule has 0 aliphatic carbocycles. The molecule has 1 rings (SSSR count). The van der Waals surface area contributed by atoms with Gasteiger partial charge in [0.1, 0.15) is 11.7 Å². The van der Waals surface area contributed by atoms with E-state index in [0.29, 0.717) is 10.6 Å². The van der Waals surface area contributed by atoms with E-state index in [2.05, 4.69) is 5.32 Å². The van der Waals surface area contributed by atoms with Gasteiger partial charge in [0, 0.05) is 12.1 Å². The smallest absolute Gasteiger partial charge is 0.407 e. The Kier molecular flexibility index (Phi) is 7.20. The molecule has 1 amide bonds. The Morgan fingerprint density at radius 3 is 2.46 bits per heavy atom. The van der Waals surface area contributed by atoms with Gasteiger partial charge in [0.15, 0.2) is 5.78 Å². The Balaban J connectivity index is 2.59. The number of benzene rings is 1. The molecule has 134 valence electrons. The average molecular weight is 358 g/mol. The SMILES string of the molecule is CC(=O)c1cc(C(O)C(O)CCNC(=O)OC(C)(C)C)ccc1Cl. The van der Waals surface area contributed by atoms with Gasteiger partial charge in [-0.25, -0.2) is 4.79 Å². The zero-order valence-electron chi connectivity index (χ0n) is 14.3. The molecule has 0 aliphatic rings. The summed E-state index contributed by atoms with van der Waals surface area (Å²) >= 11 is 5.92. The number of carbonyl (C=O) groups excluding carboxylic acids is 2. The monoisotopic (exact) mass is 357 g/mol. The van der Waals surface area contributed by atoms with Gasteiger partial charge in [0.2, 0.25) is 0 Å². The van der Waals surface area contributed by atoms with Crippen LogP contribution in [0, 0.1) is 0 Å². The lowest BCUT2D eigenvalue weighted by atomic mass is 9.99. The molecule has 2 atom stereocenters. The molecule has 6 nitrogen and oxygen atoms in total. The normalized spacial score (nSPS) is 14.0. The average Bonchev–Trinajstić information content (AvgIpc) is 2.44. The number of Topliss-reactive ketones (excluding diaryl/α,β-unsaturated/α-hetero) is 1. The van der Waals surface area contributed by atoms with E-state index >= 15 is 0 Å². The number of halogens is 1. The van der Waals surface area contributed by atoms with Gasteiger partial charge >= 0.3 is 6.09 Å². The molecular formula is C17H24ClNO5. The second-order valence-corrected chi connectivity index (χ2v) is 6.93. The summed E-state index contributed by atoms with van der Waals surface area (Å²) in [6.45, 7) is 6.76. The number of ether oxygens (including phenoxy) is 1. The van der Waals surface area contributed by atoms with Gasteiger partial charge < -0.3 is 20.3 Å². The van der Waals surface area contributed by atoms with Crippen LogP contribution in [0.25, 0.3) is 0 Å². The number of hydrogen-bond acceptors (Lipinski definition) is 5. The third kappa shape index (κ3) is 6.47. The first kappa shape index (κ1) is 20.4. The number of carbonyl (C=O) groups is 2. The van der Waals surface area contributed by atoms with Crippen molar-refractivity contribution in [1.82, 2.24) is 5.32 Å². The minimum atomic E-state index is -1.19. The standard InChI is InChI=1S/C17H24ClNO5/c1-10(20)12-9-11(5-6-13(12)18)15(22)14(21)7-8-19-16(23)24-17(2,3)4/h5-6,9,14-15,21-22H,7-8H2,1-4H3,(H,19,23). The molecule has 24 heavy (non-hydrogen) atoms. The minimum absolute atomic E-state index is 0.123. The van der Waals surface area contributed by atoms with E-state index in [1.54, 1.807) is 26.8 Å². The molecule has 0 spiro atoms. The molecule has 7 heteroatoms. The Morgan fingerprint density at radius 1 is 1.29 bits per heavy atom. The minimum Gasteiger partial charge on any atom is -0.444 e. The van der Waals surface area contributed by atoms with Crippen LogP contribution in [0.2, 0.25) is 5.02 Å². The maximum absolute atomic E-state index is 11.5. The Morgan fingerprint density at radius 2 is 1.92 bits per heavy atom. The summed E-state index contributed by atoms with van der Waals surface area (Å²) < 4.78 is 5.07. The van der Waals surface area contributed by atoms with Crippen molar-refractivity contribution >= 4 is 23.5 Å². The van der Waals surface area contributed by atoms with Gasteiger partial charge in [-0.3, -0.25) is 4.79 Å². The highest BCUT2D eigenvalue weighted by atomic mass is 35.5. The maximum atomic E-state index is 11.5. The zero-order valence-corrected chi connectivity index (χ0v) is 15.1. The van der Waals surface area contributed by atoms with Crippen molar-refractivity contribution in [1.29, 1.82) is 0 Å². The van der Waals surface area contributed by atoms with Crippen LogP contribution in [0.3, 0.4) is 0 Å². The van der Waals surface area contributed by atoms with E-state index in [1.807, 2.05) is 0 Å². The fourth-order valence-corrected chi connectivity index (χ4v) is 2.26. The van der Waals surface area contributed by atoms with Crippen LogP contribution in [0.5, 0.6) is 0 Å². The van der Waals surface area contributed by atoms with Crippen LogP contribution in [0.15, 0.2) is 18.2 Å². The van der Waals surface area contributed by atoms with E-state index in [0.717, 1.165) is 0 Å². The molecule has 0 radical (unpaired) electrons. The molecule has 0 saturated heterocycles. The van der Waals surface area contributed by atoms with Crippen LogP contribution in [-0.4, -0.2) is 40.3 Å². The second kappa shape index (κ2) is 8.46. The third-order valence-electron chi connectivity index (χ3n) is 3.18. The number of nitrogens with one attached hydrogen (secondary N) is 1. The molecule has 0 heterocycles. The molecule has 0 saturated carbocycles. The number of ketones is 1. The van der Waals surface area contributed by atoms with Crippen LogP contribution < -0.4 is 5.32 Å². The van der Waals surface area contributed by atoms with Crippen LogP contribution in [-0.2, 0) is 4.74 Å². The van der Waals surface area contributed by atoms with Crippen molar-refractivity contribution in [2.24, 2.45) is 0 Å². The number of alkyl carbamates (subject to hydrolysis) is 1. The molecule has 3 N–H and O–H groups in total. The molecule has 1 aromatic carbocycles. The maximum Gasteiger partial charge on any atom is 0.407 e. The summed E-state index contributed by atoms with van der Waals surface area (Å²) in [6, 6.07) is 4.51. The van der Waals surface area contributed by atoms with Crippen LogP contribution in [0.1, 0.15) is 56.1 Å². The Hall–Kier alpha value is -1.63. The summed E-state index contributed by atoms with van der Waals surface area (Å²) in [6.07, 6.45) is -2.77. The highest BCUT2D eigenvalue weighted by Gasteiger charge is 2.21. The van der Waals surface area contributed by atoms with Crippen molar-refractivity contribution in [3.05, 3.63) is 34.3 Å². The van der Waals surface area contributed by atoms with Gasteiger partial charge in [-0.05, 0) is 51.8 Å². The topological polar surface area (TPSA) is 95.9 Å². The number of aliphatic hydroxyl groups is 2. The number of hydrogen-bond donors (Lipinski definition) is 3. The highest BCUT2D eigenvalue weighted by molar-refractivity contribution is 6.33. The van der Waals surface area contributed by atoms with Gasteiger partial charge in [-0.2, -0.15) is 0 Å². The summed E-state index contributed by atoms with van der Waals surface area (Å²) in [5.41, 5.74) is 0.0656. The molecule has 1 aromatic rings. The number of rotatable bonds is 6. The van der Waals surface area contributed by atoms with E-state index in [1.165, 1.54) is 19.1 Å². The largest absolute Gasteiger partial charge is 0.444 e. The molecule has 0 fully saturated rings. The fourth-order valence-electron chi connectivity index (χ4n) is 2.01. The van der Waals surface area contributed by atoms with Crippen LogP contribution in [0.4, 0.5) is 4.79 Å². The first-order valence-corrected chi connectivity index (χ1v) is 8.02. The van der Waals surface area contributed by atoms with E-state index in [4.69, 9.17) is 16.3 Å². The van der Waals surface area contributed by atoms with E-state index < -0.39 is 23.9 Å². The van der Waals surface area contributed by atoms with Crippen molar-refractivity contribution < 1.29 is 24.5 Å². The first-order valence-electron chi connectivity index (χ1n) is 7.64. The summed E-state index contributed by atoms with van der Waals surface area (Å²) in [5.74, 6) is -0.227. The molecular weight excluding hydrogens is 334 g/mol.